The largest absolute Gasteiger partial charge is 0.480 e. The van der Waals surface area contributed by atoms with E-state index in [9.17, 15) is 19.8 Å². The first kappa shape index (κ1) is 21.1. The van der Waals surface area contributed by atoms with Crippen LogP contribution in [0.2, 0.25) is 0 Å². The number of rotatable bonds is 9. The minimum atomic E-state index is -1.08. The van der Waals surface area contributed by atoms with Crippen LogP contribution in [0.3, 0.4) is 0 Å². The number of thiazole rings is 1. The Kier molecular flexibility index (Phi) is 7.10. The van der Waals surface area contributed by atoms with Crippen LogP contribution in [0, 0.1) is 19.8 Å². The van der Waals surface area contributed by atoms with Gasteiger partial charge in [-0.1, -0.05) is 31.0 Å². The van der Waals surface area contributed by atoms with Crippen LogP contribution >= 0.6 is 11.3 Å². The molecule has 0 fully saturated rings. The number of aliphatic carboxylic acids is 2. The van der Waals surface area contributed by atoms with Gasteiger partial charge in [0.15, 0.2) is 0 Å². The zero-order valence-electron chi connectivity index (χ0n) is 16.0. The zero-order valence-corrected chi connectivity index (χ0v) is 16.8. The quantitative estimate of drug-likeness (QED) is 0.606. The van der Waals surface area contributed by atoms with Gasteiger partial charge in [0.05, 0.1) is 5.69 Å². The molecule has 2 unspecified atom stereocenters. The fraction of sp³-hybridized carbons (Fsp3) is 0.450. The van der Waals surface area contributed by atoms with Crippen LogP contribution in [0.1, 0.15) is 37.1 Å². The van der Waals surface area contributed by atoms with Crippen molar-refractivity contribution < 1.29 is 19.8 Å². The van der Waals surface area contributed by atoms with Gasteiger partial charge in [-0.3, -0.25) is 14.9 Å². The highest BCUT2D eigenvalue weighted by Crippen LogP contribution is 2.26. The summed E-state index contributed by atoms with van der Waals surface area (Å²) in [7, 11) is 0. The highest BCUT2D eigenvalue weighted by atomic mass is 32.1. The molecule has 2 aromatic rings. The van der Waals surface area contributed by atoms with E-state index in [-0.39, 0.29) is 12.3 Å². The second-order valence-corrected chi connectivity index (χ2v) is 8.16. The molecule has 1 aromatic heterocycles. The topological polar surface area (TPSA) is 99.5 Å². The number of benzene rings is 1. The van der Waals surface area contributed by atoms with Crippen LogP contribution in [-0.4, -0.2) is 39.2 Å². The molecule has 27 heavy (non-hydrogen) atoms. The number of aromatic nitrogens is 1. The van der Waals surface area contributed by atoms with Crippen molar-refractivity contribution in [3.8, 4) is 10.6 Å². The van der Waals surface area contributed by atoms with E-state index in [1.807, 2.05) is 45.2 Å². The third kappa shape index (κ3) is 6.15. The van der Waals surface area contributed by atoms with Crippen LogP contribution in [0.15, 0.2) is 23.6 Å². The Morgan fingerprint density at radius 3 is 2.19 bits per heavy atom. The average molecular weight is 391 g/mol. The Morgan fingerprint density at radius 2 is 1.67 bits per heavy atom. The summed E-state index contributed by atoms with van der Waals surface area (Å²) in [6, 6.07) is 4.28. The molecule has 0 amide bonds. The maximum atomic E-state index is 11.6. The van der Waals surface area contributed by atoms with Gasteiger partial charge in [0.25, 0.3) is 0 Å². The van der Waals surface area contributed by atoms with Crippen molar-refractivity contribution in [1.29, 1.82) is 0 Å². The molecule has 1 heterocycles. The Morgan fingerprint density at radius 1 is 1.07 bits per heavy atom. The molecule has 7 heteroatoms. The van der Waals surface area contributed by atoms with Gasteiger partial charge in [-0.05, 0) is 38.3 Å². The number of carboxylic acids is 2. The first-order chi connectivity index (χ1) is 12.7. The standard InChI is InChI=1S/C20H26N2O4S/c1-11(2)5-16(19(23)24)22-17(20(25)26)9-15-10-27-18(21-15)14-7-12(3)6-13(4)8-14/h6-8,10-11,16-17,22H,5,9H2,1-4H3,(H,23,24)(H,25,26). The third-order valence-electron chi connectivity index (χ3n) is 4.14. The Labute approximate surface area is 163 Å². The summed E-state index contributed by atoms with van der Waals surface area (Å²) in [5, 5.41) is 24.3. The molecular formula is C20H26N2O4S. The second kappa shape index (κ2) is 9.10. The van der Waals surface area contributed by atoms with E-state index < -0.39 is 24.0 Å². The molecule has 0 radical (unpaired) electrons. The fourth-order valence-corrected chi connectivity index (χ4v) is 3.83. The first-order valence-electron chi connectivity index (χ1n) is 8.90. The normalized spacial score (nSPS) is 13.5. The first-order valence-corrected chi connectivity index (χ1v) is 9.78. The molecule has 0 bridgehead atoms. The van der Waals surface area contributed by atoms with E-state index in [2.05, 4.69) is 16.4 Å². The van der Waals surface area contributed by atoms with Crippen molar-refractivity contribution in [2.75, 3.05) is 0 Å². The third-order valence-corrected chi connectivity index (χ3v) is 5.08. The molecule has 1 aromatic carbocycles. The van der Waals surface area contributed by atoms with E-state index in [0.717, 1.165) is 21.7 Å². The van der Waals surface area contributed by atoms with Crippen LogP contribution in [0.5, 0.6) is 0 Å². The molecule has 6 nitrogen and oxygen atoms in total. The maximum Gasteiger partial charge on any atom is 0.321 e. The molecule has 0 saturated carbocycles. The molecule has 3 N–H and O–H groups in total. The van der Waals surface area contributed by atoms with Gasteiger partial charge >= 0.3 is 11.9 Å². The molecule has 146 valence electrons. The highest BCUT2D eigenvalue weighted by molar-refractivity contribution is 7.13. The van der Waals surface area contributed by atoms with Crippen LogP contribution in [0.25, 0.3) is 10.6 Å². The zero-order chi connectivity index (χ0) is 20.1. The van der Waals surface area contributed by atoms with Gasteiger partial charge in [-0.2, -0.15) is 0 Å². The van der Waals surface area contributed by atoms with Crippen LogP contribution in [-0.2, 0) is 16.0 Å². The number of hydrogen-bond acceptors (Lipinski definition) is 5. The van der Waals surface area contributed by atoms with Crippen LogP contribution < -0.4 is 5.32 Å². The van der Waals surface area contributed by atoms with E-state index in [1.165, 1.54) is 11.3 Å². The van der Waals surface area contributed by atoms with E-state index in [4.69, 9.17) is 0 Å². The number of aryl methyl sites for hydroxylation is 2. The SMILES string of the molecule is Cc1cc(C)cc(-c2nc(CC(NC(CC(C)C)C(=O)O)C(=O)O)cs2)c1. The van der Waals surface area contributed by atoms with Gasteiger partial charge in [0, 0.05) is 17.4 Å². The van der Waals surface area contributed by atoms with Crippen molar-refractivity contribution in [1.82, 2.24) is 10.3 Å². The lowest BCUT2D eigenvalue weighted by Crippen LogP contribution is -2.48. The van der Waals surface area contributed by atoms with Crippen molar-refractivity contribution in [3.63, 3.8) is 0 Å². The van der Waals surface area contributed by atoms with E-state index in [0.29, 0.717) is 12.1 Å². The number of carboxylic acid groups (broad SMARTS) is 2. The molecule has 2 rings (SSSR count). The van der Waals surface area contributed by atoms with Gasteiger partial charge < -0.3 is 10.2 Å². The molecule has 0 aliphatic heterocycles. The van der Waals surface area contributed by atoms with E-state index >= 15 is 0 Å². The number of hydrogen-bond donors (Lipinski definition) is 3. The summed E-state index contributed by atoms with van der Waals surface area (Å²) >= 11 is 1.46. The Bertz CT molecular complexity index is 796. The van der Waals surface area contributed by atoms with Crippen molar-refractivity contribution in [2.24, 2.45) is 5.92 Å². The smallest absolute Gasteiger partial charge is 0.321 e. The van der Waals surface area contributed by atoms with Crippen molar-refractivity contribution in [2.45, 2.75) is 52.6 Å². The molecule has 0 aliphatic carbocycles. The summed E-state index contributed by atoms with van der Waals surface area (Å²) < 4.78 is 0. The van der Waals surface area contributed by atoms with Gasteiger partial charge in [-0.25, -0.2) is 4.98 Å². The summed E-state index contributed by atoms with van der Waals surface area (Å²) in [5.41, 5.74) is 3.93. The lowest BCUT2D eigenvalue weighted by molar-refractivity contribution is -0.142. The monoisotopic (exact) mass is 390 g/mol. The lowest BCUT2D eigenvalue weighted by Gasteiger charge is -2.21. The summed E-state index contributed by atoms with van der Waals surface area (Å²) in [6.07, 6.45) is 0.502. The van der Waals surface area contributed by atoms with E-state index in [1.54, 1.807) is 0 Å². The molecule has 0 saturated heterocycles. The molecular weight excluding hydrogens is 364 g/mol. The number of nitrogens with zero attached hydrogens (tertiary/aromatic N) is 1. The maximum absolute atomic E-state index is 11.6. The van der Waals surface area contributed by atoms with Crippen molar-refractivity contribution >= 4 is 23.3 Å². The van der Waals surface area contributed by atoms with Crippen LogP contribution in [0.4, 0.5) is 0 Å². The Hall–Kier alpha value is -2.25. The Balaban J connectivity index is 2.16. The minimum absolute atomic E-state index is 0.137. The molecule has 2 atom stereocenters. The van der Waals surface area contributed by atoms with Gasteiger partial charge in [0.1, 0.15) is 17.1 Å². The summed E-state index contributed by atoms with van der Waals surface area (Å²) in [5.74, 6) is -1.97. The lowest BCUT2D eigenvalue weighted by atomic mass is 10.0. The second-order valence-electron chi connectivity index (χ2n) is 7.30. The van der Waals surface area contributed by atoms with Crippen molar-refractivity contribution in [3.05, 3.63) is 40.4 Å². The molecule has 0 aliphatic rings. The predicted octanol–water partition coefficient (Wildman–Crippen LogP) is 3.51. The minimum Gasteiger partial charge on any atom is -0.480 e. The summed E-state index contributed by atoms with van der Waals surface area (Å²) in [6.45, 7) is 7.86. The van der Waals surface area contributed by atoms with Gasteiger partial charge in [-0.15, -0.1) is 11.3 Å². The highest BCUT2D eigenvalue weighted by Gasteiger charge is 2.27. The average Bonchev–Trinajstić information content (AvgIpc) is 3.00. The summed E-state index contributed by atoms with van der Waals surface area (Å²) in [4.78, 5) is 27.6. The fourth-order valence-electron chi connectivity index (χ4n) is 3.01. The predicted molar refractivity (Wildman–Crippen MR) is 106 cm³/mol. The molecule has 0 spiro atoms. The number of nitrogens with one attached hydrogen (secondary N) is 1. The number of carbonyl (C=O) groups is 2. The van der Waals surface area contributed by atoms with Gasteiger partial charge in [0.2, 0.25) is 0 Å².